The van der Waals surface area contributed by atoms with E-state index in [0.29, 0.717) is 0 Å². The molecule has 31 heavy (non-hydrogen) atoms. The Bertz CT molecular complexity index is 1370. The molecule has 4 aromatic heterocycles. The van der Waals surface area contributed by atoms with Gasteiger partial charge in [-0.25, -0.2) is 15.0 Å². The lowest BCUT2D eigenvalue weighted by atomic mass is 9.98. The number of aryl methyl sites for hydroxylation is 2. The summed E-state index contributed by atoms with van der Waals surface area (Å²) in [6, 6.07) is 10.5. The molecule has 7 heteroatoms. The summed E-state index contributed by atoms with van der Waals surface area (Å²) in [6.07, 6.45) is 12.6. The number of aromatic amines is 1. The Balaban J connectivity index is 1.36. The highest BCUT2D eigenvalue weighted by molar-refractivity contribution is 5.83. The van der Waals surface area contributed by atoms with Gasteiger partial charge in [-0.3, -0.25) is 0 Å². The van der Waals surface area contributed by atoms with Crippen molar-refractivity contribution in [2.75, 3.05) is 11.9 Å². The zero-order valence-electron chi connectivity index (χ0n) is 17.2. The van der Waals surface area contributed by atoms with E-state index < -0.39 is 0 Å². The molecule has 0 saturated carbocycles. The Morgan fingerprint density at radius 1 is 1.06 bits per heavy atom. The minimum Gasteiger partial charge on any atom is -0.370 e. The predicted molar refractivity (Wildman–Crippen MR) is 121 cm³/mol. The number of aromatic nitrogens is 6. The number of anilines is 1. The van der Waals surface area contributed by atoms with Gasteiger partial charge in [-0.15, -0.1) is 0 Å². The minimum absolute atomic E-state index is 0.802. The number of hydrogen-bond acceptors (Lipinski definition) is 5. The standard InChI is InChI=1S/C24H23N7/c1-3-7-20-18(5-1)16(14-28-20)9-10-27-23-11-22(17-12-25-15-26-13-17)29-24-19-6-2-4-8-21(19)30-31(23)24/h1,3,5,7,11-15,27-28H,2,4,6,8-10H2. The van der Waals surface area contributed by atoms with E-state index in [9.17, 15) is 0 Å². The lowest BCUT2D eigenvalue weighted by Crippen LogP contribution is -2.10. The number of benzene rings is 1. The molecule has 5 aromatic rings. The van der Waals surface area contributed by atoms with Crippen molar-refractivity contribution >= 4 is 22.4 Å². The van der Waals surface area contributed by atoms with Crippen LogP contribution in [0.3, 0.4) is 0 Å². The van der Waals surface area contributed by atoms with E-state index in [1.807, 2.05) is 16.9 Å². The molecule has 154 valence electrons. The molecule has 0 aliphatic heterocycles. The third kappa shape index (κ3) is 3.22. The van der Waals surface area contributed by atoms with Crippen molar-refractivity contribution in [3.05, 3.63) is 72.1 Å². The van der Waals surface area contributed by atoms with Crippen molar-refractivity contribution in [3.63, 3.8) is 0 Å². The van der Waals surface area contributed by atoms with Crippen molar-refractivity contribution in [2.45, 2.75) is 32.1 Å². The summed E-state index contributed by atoms with van der Waals surface area (Å²) in [5, 5.41) is 9.80. The van der Waals surface area contributed by atoms with Crippen LogP contribution in [0.2, 0.25) is 0 Å². The van der Waals surface area contributed by atoms with Gasteiger partial charge in [0.05, 0.1) is 11.4 Å². The largest absolute Gasteiger partial charge is 0.370 e. The van der Waals surface area contributed by atoms with Gasteiger partial charge >= 0.3 is 0 Å². The van der Waals surface area contributed by atoms with Crippen molar-refractivity contribution in [3.8, 4) is 11.3 Å². The summed E-state index contributed by atoms with van der Waals surface area (Å²) < 4.78 is 1.98. The number of rotatable bonds is 5. The quantitative estimate of drug-likeness (QED) is 0.454. The lowest BCUT2D eigenvalue weighted by Gasteiger charge is -2.11. The second kappa shape index (κ2) is 7.50. The third-order valence-electron chi connectivity index (χ3n) is 6.09. The van der Waals surface area contributed by atoms with Crippen LogP contribution in [0, 0.1) is 0 Å². The first kappa shape index (κ1) is 18.1. The van der Waals surface area contributed by atoms with Crippen LogP contribution < -0.4 is 5.32 Å². The van der Waals surface area contributed by atoms with Gasteiger partial charge in [0.25, 0.3) is 0 Å². The molecule has 0 unspecified atom stereocenters. The summed E-state index contributed by atoms with van der Waals surface area (Å²) >= 11 is 0. The van der Waals surface area contributed by atoms with E-state index in [2.05, 4.69) is 56.8 Å². The first-order valence-corrected chi connectivity index (χ1v) is 10.8. The smallest absolute Gasteiger partial charge is 0.161 e. The monoisotopic (exact) mass is 409 g/mol. The van der Waals surface area contributed by atoms with Crippen molar-refractivity contribution in [2.24, 2.45) is 0 Å². The van der Waals surface area contributed by atoms with Crippen LogP contribution in [0.5, 0.6) is 0 Å². The maximum absolute atomic E-state index is 4.95. The van der Waals surface area contributed by atoms with E-state index in [-0.39, 0.29) is 0 Å². The fourth-order valence-electron chi connectivity index (χ4n) is 4.53. The van der Waals surface area contributed by atoms with Crippen LogP contribution >= 0.6 is 0 Å². The van der Waals surface area contributed by atoms with Crippen LogP contribution in [-0.2, 0) is 19.3 Å². The Kier molecular flexibility index (Phi) is 4.37. The molecule has 0 atom stereocenters. The van der Waals surface area contributed by atoms with Gasteiger partial charge < -0.3 is 10.3 Å². The van der Waals surface area contributed by atoms with Crippen LogP contribution in [0.15, 0.2) is 55.2 Å². The Morgan fingerprint density at radius 3 is 2.87 bits per heavy atom. The maximum atomic E-state index is 4.95. The van der Waals surface area contributed by atoms with Crippen molar-refractivity contribution in [1.29, 1.82) is 0 Å². The number of para-hydroxylation sites is 1. The van der Waals surface area contributed by atoms with Crippen LogP contribution in [0.25, 0.3) is 27.8 Å². The fourth-order valence-corrected chi connectivity index (χ4v) is 4.53. The molecule has 2 N–H and O–H groups in total. The molecule has 7 nitrogen and oxygen atoms in total. The molecule has 1 aromatic carbocycles. The van der Waals surface area contributed by atoms with Gasteiger partial charge in [0, 0.05) is 53.2 Å². The van der Waals surface area contributed by atoms with Gasteiger partial charge in [-0.2, -0.15) is 9.61 Å². The number of nitrogens with one attached hydrogen (secondary N) is 2. The average Bonchev–Trinajstić information content (AvgIpc) is 3.41. The molecular weight excluding hydrogens is 386 g/mol. The summed E-state index contributed by atoms with van der Waals surface area (Å²) in [5.74, 6) is 0.957. The highest BCUT2D eigenvalue weighted by Crippen LogP contribution is 2.29. The molecule has 0 spiro atoms. The third-order valence-corrected chi connectivity index (χ3v) is 6.09. The molecule has 0 radical (unpaired) electrons. The van der Waals surface area contributed by atoms with E-state index in [1.54, 1.807) is 6.33 Å². The summed E-state index contributed by atoms with van der Waals surface area (Å²) in [7, 11) is 0. The van der Waals surface area contributed by atoms with Gasteiger partial charge in [0.1, 0.15) is 12.1 Å². The van der Waals surface area contributed by atoms with E-state index in [1.165, 1.54) is 40.6 Å². The molecule has 4 heterocycles. The second-order valence-corrected chi connectivity index (χ2v) is 8.06. The molecule has 1 aliphatic carbocycles. The molecule has 0 amide bonds. The zero-order chi connectivity index (χ0) is 20.6. The van der Waals surface area contributed by atoms with Gasteiger partial charge in [-0.1, -0.05) is 18.2 Å². The Morgan fingerprint density at radius 2 is 1.94 bits per heavy atom. The highest BCUT2D eigenvalue weighted by Gasteiger charge is 2.20. The van der Waals surface area contributed by atoms with Gasteiger partial charge in [-0.05, 0) is 43.7 Å². The average molecular weight is 409 g/mol. The van der Waals surface area contributed by atoms with Crippen LogP contribution in [0.4, 0.5) is 5.82 Å². The molecule has 6 rings (SSSR count). The van der Waals surface area contributed by atoms with E-state index in [4.69, 9.17) is 10.1 Å². The van der Waals surface area contributed by atoms with Crippen LogP contribution in [-0.4, -0.2) is 36.1 Å². The lowest BCUT2D eigenvalue weighted by molar-refractivity contribution is 0.673. The maximum Gasteiger partial charge on any atom is 0.161 e. The summed E-state index contributed by atoms with van der Waals surface area (Å²) in [5.41, 5.74) is 7.68. The molecular formula is C24H23N7. The van der Waals surface area contributed by atoms with Crippen molar-refractivity contribution < 1.29 is 0 Å². The number of fused-ring (bicyclic) bond motifs is 4. The fraction of sp³-hybridized carbons (Fsp3) is 0.250. The van der Waals surface area contributed by atoms with Crippen LogP contribution in [0.1, 0.15) is 29.7 Å². The molecule has 0 fully saturated rings. The number of hydrogen-bond donors (Lipinski definition) is 2. The first-order chi connectivity index (χ1) is 15.4. The Labute approximate surface area is 179 Å². The van der Waals surface area contributed by atoms with Crippen molar-refractivity contribution in [1.82, 2.24) is 29.5 Å². The second-order valence-electron chi connectivity index (χ2n) is 8.06. The minimum atomic E-state index is 0.802. The Hall–Kier alpha value is -3.74. The van der Waals surface area contributed by atoms with E-state index in [0.717, 1.165) is 48.5 Å². The SMILES string of the molecule is c1ccc2c(CCNc3cc(-c4cncnc4)nc4c5c(nn34)CCCC5)c[nH]c2c1. The molecule has 1 aliphatic rings. The summed E-state index contributed by atoms with van der Waals surface area (Å²) in [6.45, 7) is 0.802. The molecule has 0 saturated heterocycles. The van der Waals surface area contributed by atoms with Gasteiger partial charge in [0.2, 0.25) is 0 Å². The summed E-state index contributed by atoms with van der Waals surface area (Å²) in [4.78, 5) is 16.7. The first-order valence-electron chi connectivity index (χ1n) is 10.8. The number of H-pyrrole nitrogens is 1. The topological polar surface area (TPSA) is 83.8 Å². The highest BCUT2D eigenvalue weighted by atomic mass is 15.3. The van der Waals surface area contributed by atoms with Gasteiger partial charge in [0.15, 0.2) is 5.65 Å². The zero-order valence-corrected chi connectivity index (χ0v) is 17.2. The molecule has 0 bridgehead atoms. The predicted octanol–water partition coefficient (Wildman–Crippen LogP) is 4.20. The van der Waals surface area contributed by atoms with E-state index >= 15 is 0 Å². The normalized spacial score (nSPS) is 13.5. The number of nitrogens with zero attached hydrogens (tertiary/aromatic N) is 5.